The van der Waals surface area contributed by atoms with E-state index in [2.05, 4.69) is 37.8 Å². The lowest BCUT2D eigenvalue weighted by atomic mass is 9.89. The molecule has 0 fully saturated rings. The molecule has 0 aliphatic rings. The molecule has 3 heteroatoms. The fraction of sp³-hybridized carbons (Fsp3) is 0.647. The van der Waals surface area contributed by atoms with Crippen molar-refractivity contribution in [2.75, 3.05) is 20.2 Å². The Hall–Kier alpha value is -1.06. The third-order valence-corrected chi connectivity index (χ3v) is 4.39. The van der Waals surface area contributed by atoms with Crippen molar-refractivity contribution in [3.8, 4) is 5.75 Å². The van der Waals surface area contributed by atoms with E-state index in [0.717, 1.165) is 44.6 Å². The van der Waals surface area contributed by atoms with Gasteiger partial charge in [-0.15, -0.1) is 0 Å². The minimum atomic E-state index is 0.121. The molecule has 20 heavy (non-hydrogen) atoms. The molecule has 3 nitrogen and oxygen atoms in total. The van der Waals surface area contributed by atoms with Gasteiger partial charge in [-0.3, -0.25) is 4.90 Å². The van der Waals surface area contributed by atoms with Crippen molar-refractivity contribution in [2.45, 2.75) is 52.1 Å². The highest BCUT2D eigenvalue weighted by atomic mass is 16.5. The fourth-order valence-corrected chi connectivity index (χ4v) is 2.82. The first-order valence-electron chi connectivity index (χ1n) is 7.73. The van der Waals surface area contributed by atoms with Gasteiger partial charge in [0.25, 0.3) is 0 Å². The Morgan fingerprint density at radius 3 is 2.10 bits per heavy atom. The molecule has 0 radical (unpaired) electrons. The monoisotopic (exact) mass is 278 g/mol. The van der Waals surface area contributed by atoms with Crippen molar-refractivity contribution >= 4 is 0 Å². The molecule has 2 N–H and O–H groups in total. The number of hydrogen-bond donors (Lipinski definition) is 1. The second kappa shape index (κ2) is 8.28. The number of ether oxygens (including phenoxy) is 1. The summed E-state index contributed by atoms with van der Waals surface area (Å²) in [5.74, 6) is 0.909. The molecule has 0 unspecified atom stereocenters. The summed E-state index contributed by atoms with van der Waals surface area (Å²) in [4.78, 5) is 2.55. The van der Waals surface area contributed by atoms with Crippen LogP contribution >= 0.6 is 0 Å². The first kappa shape index (κ1) is 17.0. The molecule has 0 heterocycles. The molecular weight excluding hydrogens is 248 g/mol. The zero-order valence-corrected chi connectivity index (χ0v) is 13.5. The van der Waals surface area contributed by atoms with Gasteiger partial charge in [0, 0.05) is 18.6 Å². The second-order valence-electron chi connectivity index (χ2n) is 5.41. The van der Waals surface area contributed by atoms with Crippen LogP contribution in [-0.4, -0.2) is 30.6 Å². The summed E-state index contributed by atoms with van der Waals surface area (Å²) in [6.45, 7) is 9.48. The molecule has 0 saturated carbocycles. The lowest BCUT2D eigenvalue weighted by molar-refractivity contribution is 0.0766. The number of benzene rings is 1. The Labute approximate surface area is 124 Å². The molecule has 0 aliphatic heterocycles. The van der Waals surface area contributed by atoms with E-state index in [0.29, 0.717) is 0 Å². The van der Waals surface area contributed by atoms with Gasteiger partial charge >= 0.3 is 0 Å². The average molecular weight is 278 g/mol. The van der Waals surface area contributed by atoms with Crippen LogP contribution in [0.3, 0.4) is 0 Å². The van der Waals surface area contributed by atoms with Gasteiger partial charge in [-0.25, -0.2) is 0 Å². The maximum atomic E-state index is 6.10. The SMILES string of the molecule is CCCN(Cc1ccc(OC)cc1)C(CC)(CC)CN. The average Bonchev–Trinajstić information content (AvgIpc) is 2.50. The van der Waals surface area contributed by atoms with Crippen LogP contribution in [-0.2, 0) is 6.54 Å². The predicted molar refractivity (Wildman–Crippen MR) is 86.1 cm³/mol. The van der Waals surface area contributed by atoms with Crippen LogP contribution in [0.25, 0.3) is 0 Å². The Kier molecular flexibility index (Phi) is 7.03. The molecule has 0 amide bonds. The van der Waals surface area contributed by atoms with Crippen LogP contribution < -0.4 is 10.5 Å². The molecule has 1 aromatic carbocycles. The summed E-state index contributed by atoms with van der Waals surface area (Å²) in [5.41, 5.74) is 7.54. The standard InChI is InChI=1S/C17H30N2O/c1-5-12-19(17(6-2,7-3)14-18)13-15-8-10-16(20-4)11-9-15/h8-11H,5-7,12-14,18H2,1-4H3. The minimum absolute atomic E-state index is 0.121. The number of hydrogen-bond acceptors (Lipinski definition) is 3. The topological polar surface area (TPSA) is 38.5 Å². The van der Waals surface area contributed by atoms with Crippen molar-refractivity contribution in [3.05, 3.63) is 29.8 Å². The third-order valence-electron chi connectivity index (χ3n) is 4.39. The van der Waals surface area contributed by atoms with E-state index in [4.69, 9.17) is 10.5 Å². The first-order valence-corrected chi connectivity index (χ1v) is 7.73. The maximum absolute atomic E-state index is 6.10. The van der Waals surface area contributed by atoms with Crippen LogP contribution in [0, 0.1) is 0 Å². The van der Waals surface area contributed by atoms with Crippen molar-refractivity contribution < 1.29 is 4.74 Å². The number of nitrogens with zero attached hydrogens (tertiary/aromatic N) is 1. The molecule has 0 aromatic heterocycles. The summed E-state index contributed by atoms with van der Waals surface area (Å²) < 4.78 is 5.22. The molecule has 1 rings (SSSR count). The van der Waals surface area contributed by atoms with Crippen LogP contribution in [0.5, 0.6) is 5.75 Å². The van der Waals surface area contributed by atoms with E-state index in [-0.39, 0.29) is 5.54 Å². The zero-order valence-electron chi connectivity index (χ0n) is 13.5. The quantitative estimate of drug-likeness (QED) is 0.752. The highest BCUT2D eigenvalue weighted by Gasteiger charge is 2.31. The molecule has 0 saturated heterocycles. The summed E-state index contributed by atoms with van der Waals surface area (Å²) >= 11 is 0. The molecule has 1 aromatic rings. The minimum Gasteiger partial charge on any atom is -0.497 e. The van der Waals surface area contributed by atoms with Crippen LogP contribution in [0.2, 0.25) is 0 Å². The Bertz CT molecular complexity index is 363. The normalized spacial score (nSPS) is 11.9. The van der Waals surface area contributed by atoms with Gasteiger partial charge < -0.3 is 10.5 Å². The van der Waals surface area contributed by atoms with Gasteiger partial charge in [-0.1, -0.05) is 32.9 Å². The summed E-state index contributed by atoms with van der Waals surface area (Å²) in [5, 5.41) is 0. The number of nitrogens with two attached hydrogens (primary N) is 1. The maximum Gasteiger partial charge on any atom is 0.118 e. The van der Waals surface area contributed by atoms with Crippen molar-refractivity contribution in [3.63, 3.8) is 0 Å². The molecular formula is C17H30N2O. The summed E-state index contributed by atoms with van der Waals surface area (Å²) in [6, 6.07) is 8.35. The van der Waals surface area contributed by atoms with E-state index in [9.17, 15) is 0 Å². The molecule has 0 spiro atoms. The zero-order chi connectivity index (χ0) is 15.0. The van der Waals surface area contributed by atoms with E-state index in [1.807, 2.05) is 12.1 Å². The molecule has 0 aliphatic carbocycles. The van der Waals surface area contributed by atoms with Crippen LogP contribution in [0.15, 0.2) is 24.3 Å². The van der Waals surface area contributed by atoms with Gasteiger partial charge in [0.1, 0.15) is 5.75 Å². The van der Waals surface area contributed by atoms with Gasteiger partial charge in [-0.2, -0.15) is 0 Å². The Morgan fingerprint density at radius 1 is 1.10 bits per heavy atom. The van der Waals surface area contributed by atoms with Gasteiger partial charge in [0.2, 0.25) is 0 Å². The van der Waals surface area contributed by atoms with E-state index < -0.39 is 0 Å². The lowest BCUT2D eigenvalue weighted by Crippen LogP contribution is -2.53. The van der Waals surface area contributed by atoms with Gasteiger partial charge in [-0.05, 0) is 43.5 Å². The highest BCUT2D eigenvalue weighted by Crippen LogP contribution is 2.26. The van der Waals surface area contributed by atoms with Crippen molar-refractivity contribution in [1.82, 2.24) is 4.90 Å². The highest BCUT2D eigenvalue weighted by molar-refractivity contribution is 5.27. The van der Waals surface area contributed by atoms with Crippen LogP contribution in [0.4, 0.5) is 0 Å². The van der Waals surface area contributed by atoms with Gasteiger partial charge in [0.15, 0.2) is 0 Å². The van der Waals surface area contributed by atoms with Crippen LogP contribution in [0.1, 0.15) is 45.6 Å². The van der Waals surface area contributed by atoms with E-state index in [1.165, 1.54) is 5.56 Å². The predicted octanol–water partition coefficient (Wildman–Crippen LogP) is 3.42. The summed E-state index contributed by atoms with van der Waals surface area (Å²) in [6.07, 6.45) is 3.34. The Morgan fingerprint density at radius 2 is 1.70 bits per heavy atom. The first-order chi connectivity index (χ1) is 9.65. The summed E-state index contributed by atoms with van der Waals surface area (Å²) in [7, 11) is 1.70. The largest absolute Gasteiger partial charge is 0.497 e. The number of rotatable bonds is 9. The fourth-order valence-electron chi connectivity index (χ4n) is 2.82. The second-order valence-corrected chi connectivity index (χ2v) is 5.41. The smallest absolute Gasteiger partial charge is 0.118 e. The van der Waals surface area contributed by atoms with E-state index >= 15 is 0 Å². The molecule has 0 atom stereocenters. The lowest BCUT2D eigenvalue weighted by Gasteiger charge is -2.42. The third kappa shape index (κ3) is 3.97. The molecule has 0 bridgehead atoms. The Balaban J connectivity index is 2.89. The molecule has 114 valence electrons. The van der Waals surface area contributed by atoms with Gasteiger partial charge in [0.05, 0.1) is 7.11 Å². The van der Waals surface area contributed by atoms with Crippen molar-refractivity contribution in [1.29, 1.82) is 0 Å². The number of methoxy groups -OCH3 is 1. The van der Waals surface area contributed by atoms with E-state index in [1.54, 1.807) is 7.11 Å². The van der Waals surface area contributed by atoms with Crippen molar-refractivity contribution in [2.24, 2.45) is 5.73 Å².